The summed E-state index contributed by atoms with van der Waals surface area (Å²) in [5.41, 5.74) is 3.56. The van der Waals surface area contributed by atoms with Gasteiger partial charge in [-0.05, 0) is 20.3 Å². The zero-order valence-corrected chi connectivity index (χ0v) is 14.5. The van der Waals surface area contributed by atoms with Crippen molar-refractivity contribution in [3.05, 3.63) is 35.2 Å². The lowest BCUT2D eigenvalue weighted by atomic mass is 10.2. The third kappa shape index (κ3) is 2.71. The molecule has 1 N–H and O–H groups in total. The Morgan fingerprint density at radius 1 is 1.36 bits per heavy atom. The number of H-pyrrole nitrogens is 1. The minimum atomic E-state index is -0.0628. The standard InChI is InChI=1S/C17H22N6O2/c1-11(2)23-15-9-22(17(25)13-6-18-10-19-13)7-12(15)14(20-23)8-21-5-3-4-16(21)24/h6,10-11H,3-5,7-9H2,1-2H3,(H,18,19). The summed E-state index contributed by atoms with van der Waals surface area (Å²) in [6, 6.07) is 0.207. The van der Waals surface area contributed by atoms with Crippen LogP contribution in [-0.4, -0.2) is 47.9 Å². The number of aromatic amines is 1. The van der Waals surface area contributed by atoms with Crippen molar-refractivity contribution in [1.29, 1.82) is 0 Å². The Morgan fingerprint density at radius 2 is 2.20 bits per heavy atom. The molecule has 8 nitrogen and oxygen atoms in total. The van der Waals surface area contributed by atoms with Crippen molar-refractivity contribution >= 4 is 11.8 Å². The Bertz CT molecular complexity index is 807. The molecule has 2 aromatic rings. The molecule has 4 heterocycles. The number of rotatable bonds is 4. The average Bonchev–Trinajstić information content (AvgIpc) is 3.33. The highest BCUT2D eigenvalue weighted by atomic mass is 16.2. The monoisotopic (exact) mass is 342 g/mol. The molecule has 0 aromatic carbocycles. The fraction of sp³-hybridized carbons (Fsp3) is 0.529. The van der Waals surface area contributed by atoms with Gasteiger partial charge >= 0.3 is 0 Å². The summed E-state index contributed by atoms with van der Waals surface area (Å²) >= 11 is 0. The van der Waals surface area contributed by atoms with Gasteiger partial charge in [0.25, 0.3) is 5.91 Å². The predicted molar refractivity (Wildman–Crippen MR) is 89.4 cm³/mol. The number of aromatic nitrogens is 4. The number of fused-ring (bicyclic) bond motifs is 1. The number of nitrogens with zero attached hydrogens (tertiary/aromatic N) is 5. The van der Waals surface area contributed by atoms with Crippen molar-refractivity contribution < 1.29 is 9.59 Å². The number of carbonyl (C=O) groups excluding carboxylic acids is 2. The minimum Gasteiger partial charge on any atom is -0.341 e. The maximum Gasteiger partial charge on any atom is 0.272 e. The van der Waals surface area contributed by atoms with Gasteiger partial charge in [0.05, 0.1) is 43.5 Å². The molecule has 2 aliphatic rings. The van der Waals surface area contributed by atoms with Crippen molar-refractivity contribution in [1.82, 2.24) is 29.5 Å². The Labute approximate surface area is 145 Å². The predicted octanol–water partition coefficient (Wildman–Crippen LogP) is 1.47. The van der Waals surface area contributed by atoms with E-state index in [0.29, 0.717) is 31.7 Å². The van der Waals surface area contributed by atoms with E-state index in [1.165, 1.54) is 6.33 Å². The second-order valence-corrected chi connectivity index (χ2v) is 6.96. The Balaban J connectivity index is 1.61. The lowest BCUT2D eigenvalue weighted by Crippen LogP contribution is -2.28. The summed E-state index contributed by atoms with van der Waals surface area (Å²) in [4.78, 5) is 35.1. The number of carbonyl (C=O) groups is 2. The molecule has 0 radical (unpaired) electrons. The van der Waals surface area contributed by atoms with Crippen molar-refractivity contribution in [2.24, 2.45) is 0 Å². The summed E-state index contributed by atoms with van der Waals surface area (Å²) in [7, 11) is 0. The van der Waals surface area contributed by atoms with E-state index in [0.717, 1.165) is 29.9 Å². The summed E-state index contributed by atoms with van der Waals surface area (Å²) in [6.07, 6.45) is 4.59. The van der Waals surface area contributed by atoms with E-state index in [1.807, 2.05) is 9.58 Å². The highest BCUT2D eigenvalue weighted by Crippen LogP contribution is 2.30. The lowest BCUT2D eigenvalue weighted by molar-refractivity contribution is -0.128. The van der Waals surface area contributed by atoms with E-state index >= 15 is 0 Å². The lowest BCUT2D eigenvalue weighted by Gasteiger charge is -2.18. The SMILES string of the molecule is CC(C)n1nc(CN2CCCC2=O)c2c1CN(C(=O)c1cnc[nH]1)C2. The molecule has 4 rings (SSSR count). The molecular weight excluding hydrogens is 320 g/mol. The summed E-state index contributed by atoms with van der Waals surface area (Å²) < 4.78 is 1.99. The zero-order valence-electron chi connectivity index (χ0n) is 14.5. The molecule has 8 heteroatoms. The van der Waals surface area contributed by atoms with Gasteiger partial charge in [0.2, 0.25) is 5.91 Å². The molecular formula is C17H22N6O2. The number of hydrogen-bond donors (Lipinski definition) is 1. The molecule has 2 aliphatic heterocycles. The Hall–Kier alpha value is -2.64. The second kappa shape index (κ2) is 6.02. The first-order valence-electron chi connectivity index (χ1n) is 8.69. The van der Waals surface area contributed by atoms with E-state index in [2.05, 4.69) is 23.8 Å². The zero-order chi connectivity index (χ0) is 17.6. The van der Waals surface area contributed by atoms with Crippen molar-refractivity contribution in [2.75, 3.05) is 6.54 Å². The first-order chi connectivity index (χ1) is 12.0. The summed E-state index contributed by atoms with van der Waals surface area (Å²) in [5, 5.41) is 4.75. The van der Waals surface area contributed by atoms with E-state index in [1.54, 1.807) is 11.1 Å². The average molecular weight is 342 g/mol. The second-order valence-electron chi connectivity index (χ2n) is 6.96. The van der Waals surface area contributed by atoms with Crippen LogP contribution in [0.1, 0.15) is 60.2 Å². The number of likely N-dealkylation sites (tertiary alicyclic amines) is 1. The number of imidazole rings is 1. The molecule has 25 heavy (non-hydrogen) atoms. The van der Waals surface area contributed by atoms with Crippen LogP contribution in [-0.2, 0) is 24.4 Å². The Kier molecular flexibility index (Phi) is 3.82. The topological polar surface area (TPSA) is 87.1 Å². The number of nitrogens with one attached hydrogen (secondary N) is 1. The van der Waals surface area contributed by atoms with Crippen LogP contribution in [0, 0.1) is 0 Å². The van der Waals surface area contributed by atoms with Gasteiger partial charge in [-0.25, -0.2) is 4.98 Å². The molecule has 0 atom stereocenters. The third-order valence-corrected chi connectivity index (χ3v) is 4.91. The first-order valence-corrected chi connectivity index (χ1v) is 8.69. The largest absolute Gasteiger partial charge is 0.341 e. The Morgan fingerprint density at radius 3 is 2.84 bits per heavy atom. The summed E-state index contributed by atoms with van der Waals surface area (Å²) in [6.45, 7) is 6.55. The smallest absolute Gasteiger partial charge is 0.272 e. The molecule has 132 valence electrons. The van der Waals surface area contributed by atoms with Gasteiger partial charge in [-0.1, -0.05) is 0 Å². The van der Waals surface area contributed by atoms with Gasteiger partial charge < -0.3 is 14.8 Å². The van der Waals surface area contributed by atoms with Crippen LogP contribution >= 0.6 is 0 Å². The van der Waals surface area contributed by atoms with Gasteiger partial charge in [-0.15, -0.1) is 0 Å². The molecule has 2 aromatic heterocycles. The minimum absolute atomic E-state index is 0.0628. The van der Waals surface area contributed by atoms with Crippen LogP contribution in [0.4, 0.5) is 0 Å². The van der Waals surface area contributed by atoms with Crippen LogP contribution in [0.2, 0.25) is 0 Å². The van der Waals surface area contributed by atoms with Crippen molar-refractivity contribution in [3.8, 4) is 0 Å². The van der Waals surface area contributed by atoms with Gasteiger partial charge in [0, 0.05) is 24.6 Å². The van der Waals surface area contributed by atoms with E-state index < -0.39 is 0 Å². The van der Waals surface area contributed by atoms with E-state index in [9.17, 15) is 9.59 Å². The van der Waals surface area contributed by atoms with Crippen LogP contribution in [0.5, 0.6) is 0 Å². The van der Waals surface area contributed by atoms with Crippen molar-refractivity contribution in [2.45, 2.75) is 52.4 Å². The highest BCUT2D eigenvalue weighted by molar-refractivity contribution is 5.92. The number of amides is 2. The molecule has 0 unspecified atom stereocenters. The molecule has 0 spiro atoms. The quantitative estimate of drug-likeness (QED) is 0.911. The normalized spacial score (nSPS) is 17.0. The molecule has 2 amide bonds. The maximum absolute atomic E-state index is 12.6. The third-order valence-electron chi connectivity index (χ3n) is 4.91. The van der Waals surface area contributed by atoms with E-state index in [4.69, 9.17) is 5.10 Å². The molecule has 0 bridgehead atoms. The fourth-order valence-corrected chi connectivity index (χ4v) is 3.63. The van der Waals surface area contributed by atoms with Gasteiger partial charge in [-0.3, -0.25) is 14.3 Å². The highest BCUT2D eigenvalue weighted by Gasteiger charge is 2.33. The fourth-order valence-electron chi connectivity index (χ4n) is 3.63. The number of hydrogen-bond acceptors (Lipinski definition) is 4. The van der Waals surface area contributed by atoms with Gasteiger partial charge in [0.1, 0.15) is 5.69 Å². The van der Waals surface area contributed by atoms with Crippen molar-refractivity contribution in [3.63, 3.8) is 0 Å². The van der Waals surface area contributed by atoms with E-state index in [-0.39, 0.29) is 17.9 Å². The summed E-state index contributed by atoms with van der Waals surface area (Å²) in [5.74, 6) is 0.128. The first kappa shape index (κ1) is 15.9. The van der Waals surface area contributed by atoms with Crippen LogP contribution in [0.15, 0.2) is 12.5 Å². The van der Waals surface area contributed by atoms with Crippen LogP contribution in [0.25, 0.3) is 0 Å². The maximum atomic E-state index is 12.6. The van der Waals surface area contributed by atoms with Gasteiger partial charge in [-0.2, -0.15) is 5.10 Å². The molecule has 0 saturated carbocycles. The molecule has 0 aliphatic carbocycles. The molecule has 1 fully saturated rings. The van der Waals surface area contributed by atoms with Crippen LogP contribution in [0.3, 0.4) is 0 Å². The van der Waals surface area contributed by atoms with Crippen LogP contribution < -0.4 is 0 Å². The molecule has 1 saturated heterocycles. The van der Waals surface area contributed by atoms with Gasteiger partial charge in [0.15, 0.2) is 0 Å².